The maximum atomic E-state index is 10.7. The van der Waals surface area contributed by atoms with Gasteiger partial charge in [0.2, 0.25) is 0 Å². The first-order valence-corrected chi connectivity index (χ1v) is 3.57. The van der Waals surface area contributed by atoms with Crippen LogP contribution in [0.4, 0.5) is 0 Å². The van der Waals surface area contributed by atoms with Crippen molar-refractivity contribution in [3.8, 4) is 0 Å². The third-order valence-corrected chi connectivity index (χ3v) is 1.47. The zero-order valence-corrected chi connectivity index (χ0v) is 6.95. The molecule has 2 nitrogen and oxygen atoms in total. The molecule has 0 heterocycles. The van der Waals surface area contributed by atoms with Crippen LogP contribution >= 0.6 is 0 Å². The lowest BCUT2D eigenvalue weighted by atomic mass is 9.99. The monoisotopic (exact) mass is 154 g/mol. The highest BCUT2D eigenvalue weighted by molar-refractivity contribution is 5.81. The van der Waals surface area contributed by atoms with Crippen LogP contribution < -0.4 is 0 Å². The Morgan fingerprint density at radius 2 is 2.18 bits per heavy atom. The molecule has 1 N–H and O–H groups in total. The first kappa shape index (κ1) is 10.1. The van der Waals surface area contributed by atoms with Crippen LogP contribution in [-0.4, -0.2) is 17.0 Å². The second kappa shape index (κ2) is 4.85. The summed E-state index contributed by atoms with van der Waals surface area (Å²) in [5.74, 6) is -0.481. The van der Waals surface area contributed by atoms with Gasteiger partial charge < -0.3 is 5.11 Å². The first-order chi connectivity index (χ1) is 5.13. The third-order valence-electron chi connectivity index (χ3n) is 1.47. The topological polar surface area (TPSA) is 37.3 Å². The van der Waals surface area contributed by atoms with Crippen molar-refractivity contribution in [3.05, 3.63) is 24.8 Å². The minimum absolute atomic E-state index is 0.229. The fourth-order valence-electron chi connectivity index (χ4n) is 0.806. The summed E-state index contributed by atoms with van der Waals surface area (Å²) in [6.45, 7) is 6.72. The fraction of sp³-hybridized carbons (Fsp3) is 0.444. The quantitative estimate of drug-likeness (QED) is 0.620. The summed E-state index contributed by atoms with van der Waals surface area (Å²) in [5, 5.41) is 9.25. The normalized spacial score (nSPS) is 16.3. The number of hydrogen-bond donors (Lipinski definition) is 1. The maximum absolute atomic E-state index is 10.7. The number of allylic oxidation sites excluding steroid dienone is 1. The molecule has 0 aromatic carbocycles. The van der Waals surface area contributed by atoms with E-state index < -0.39 is 6.10 Å². The molecule has 0 aromatic heterocycles. The highest BCUT2D eigenvalue weighted by Crippen LogP contribution is 2.07. The largest absolute Gasteiger partial charge is 0.384 e. The molecule has 0 fully saturated rings. The van der Waals surface area contributed by atoms with Crippen molar-refractivity contribution < 1.29 is 9.90 Å². The summed E-state index contributed by atoms with van der Waals surface area (Å²) in [6, 6.07) is 0. The van der Waals surface area contributed by atoms with Gasteiger partial charge >= 0.3 is 0 Å². The van der Waals surface area contributed by atoms with Gasteiger partial charge in [-0.2, -0.15) is 0 Å². The van der Waals surface area contributed by atoms with E-state index in [2.05, 4.69) is 6.58 Å². The Kier molecular flexibility index (Phi) is 4.46. The molecule has 62 valence electrons. The standard InChI is InChI=1S/C9H14O2/c1-4-6-8(5-2)9(11)7(3)10/h4-6,8-9,11H,2H2,1,3H3/b6-4+. The van der Waals surface area contributed by atoms with Gasteiger partial charge in [0, 0.05) is 5.92 Å². The van der Waals surface area contributed by atoms with Crippen molar-refractivity contribution in [1.29, 1.82) is 0 Å². The first-order valence-electron chi connectivity index (χ1n) is 3.57. The summed E-state index contributed by atoms with van der Waals surface area (Å²) in [6.07, 6.45) is 4.16. The highest BCUT2D eigenvalue weighted by atomic mass is 16.3. The lowest BCUT2D eigenvalue weighted by Crippen LogP contribution is -2.24. The Balaban J connectivity index is 4.24. The molecule has 0 aromatic rings. The molecule has 0 aliphatic heterocycles. The minimum atomic E-state index is -0.941. The average molecular weight is 154 g/mol. The highest BCUT2D eigenvalue weighted by Gasteiger charge is 2.16. The Morgan fingerprint density at radius 3 is 2.45 bits per heavy atom. The van der Waals surface area contributed by atoms with Gasteiger partial charge in [-0.15, -0.1) is 6.58 Å². The van der Waals surface area contributed by atoms with E-state index in [4.69, 9.17) is 0 Å². The zero-order valence-electron chi connectivity index (χ0n) is 6.95. The fourth-order valence-corrected chi connectivity index (χ4v) is 0.806. The maximum Gasteiger partial charge on any atom is 0.159 e. The summed E-state index contributed by atoms with van der Waals surface area (Å²) in [7, 11) is 0. The molecule has 0 saturated heterocycles. The van der Waals surface area contributed by atoms with Crippen LogP contribution in [0.1, 0.15) is 13.8 Å². The van der Waals surface area contributed by atoms with E-state index in [-0.39, 0.29) is 11.7 Å². The predicted molar refractivity (Wildman–Crippen MR) is 45.2 cm³/mol. The van der Waals surface area contributed by atoms with Crippen molar-refractivity contribution >= 4 is 5.78 Å². The predicted octanol–water partition coefficient (Wildman–Crippen LogP) is 1.31. The van der Waals surface area contributed by atoms with Crippen LogP contribution in [0, 0.1) is 5.92 Å². The van der Waals surface area contributed by atoms with Gasteiger partial charge in [0.1, 0.15) is 6.10 Å². The molecule has 0 bridgehead atoms. The molecule has 0 aliphatic rings. The van der Waals surface area contributed by atoms with Crippen molar-refractivity contribution in [2.24, 2.45) is 5.92 Å². The van der Waals surface area contributed by atoms with Crippen molar-refractivity contribution in [1.82, 2.24) is 0 Å². The van der Waals surface area contributed by atoms with Crippen molar-refractivity contribution in [2.45, 2.75) is 20.0 Å². The van der Waals surface area contributed by atoms with Gasteiger partial charge in [0.05, 0.1) is 0 Å². The van der Waals surface area contributed by atoms with Gasteiger partial charge in [-0.05, 0) is 13.8 Å². The van der Waals surface area contributed by atoms with Crippen molar-refractivity contribution in [3.63, 3.8) is 0 Å². The Labute approximate surface area is 67.2 Å². The molecule has 0 rings (SSSR count). The molecule has 0 radical (unpaired) electrons. The molecular formula is C9H14O2. The van der Waals surface area contributed by atoms with Crippen LogP contribution in [0.2, 0.25) is 0 Å². The molecule has 2 atom stereocenters. The van der Waals surface area contributed by atoms with Crippen LogP contribution in [0.5, 0.6) is 0 Å². The van der Waals surface area contributed by atoms with Crippen molar-refractivity contribution in [2.75, 3.05) is 0 Å². The molecule has 0 aliphatic carbocycles. The lowest BCUT2D eigenvalue weighted by molar-refractivity contribution is -0.125. The number of ketones is 1. The minimum Gasteiger partial charge on any atom is -0.384 e. The number of Topliss-reactive ketones (excluding diaryl/α,β-unsaturated/α-hetero) is 1. The van der Waals surface area contributed by atoms with E-state index in [0.717, 1.165) is 0 Å². The number of carbonyl (C=O) groups is 1. The van der Waals surface area contributed by atoms with E-state index in [1.54, 1.807) is 18.2 Å². The average Bonchev–Trinajstić information content (AvgIpc) is 1.98. The Hall–Kier alpha value is -0.890. The number of aliphatic hydroxyl groups is 1. The van der Waals surface area contributed by atoms with Crippen LogP contribution in [0.15, 0.2) is 24.8 Å². The van der Waals surface area contributed by atoms with E-state index in [1.165, 1.54) is 6.92 Å². The number of rotatable bonds is 4. The number of carbonyl (C=O) groups excluding carboxylic acids is 1. The molecule has 0 amide bonds. The third kappa shape index (κ3) is 3.14. The molecular weight excluding hydrogens is 140 g/mol. The number of hydrogen-bond acceptors (Lipinski definition) is 2. The van der Waals surface area contributed by atoms with Gasteiger partial charge in [-0.25, -0.2) is 0 Å². The summed E-state index contributed by atoms with van der Waals surface area (Å²) >= 11 is 0. The summed E-state index contributed by atoms with van der Waals surface area (Å²) in [4.78, 5) is 10.7. The van der Waals surface area contributed by atoms with E-state index >= 15 is 0 Å². The van der Waals surface area contributed by atoms with E-state index in [0.29, 0.717) is 0 Å². The van der Waals surface area contributed by atoms with E-state index in [1.807, 2.05) is 6.92 Å². The smallest absolute Gasteiger partial charge is 0.159 e. The van der Waals surface area contributed by atoms with Crippen LogP contribution in [0.25, 0.3) is 0 Å². The van der Waals surface area contributed by atoms with Crippen LogP contribution in [-0.2, 0) is 4.79 Å². The van der Waals surface area contributed by atoms with Gasteiger partial charge in [-0.3, -0.25) is 4.79 Å². The zero-order chi connectivity index (χ0) is 8.85. The molecule has 2 heteroatoms. The van der Waals surface area contributed by atoms with Gasteiger partial charge in [0.15, 0.2) is 5.78 Å². The molecule has 11 heavy (non-hydrogen) atoms. The van der Waals surface area contributed by atoms with E-state index in [9.17, 15) is 9.90 Å². The summed E-state index contributed by atoms with van der Waals surface area (Å²) in [5.41, 5.74) is 0. The SMILES string of the molecule is C=CC(/C=C/C)C(O)C(C)=O. The molecule has 2 unspecified atom stereocenters. The van der Waals surface area contributed by atoms with Gasteiger partial charge in [-0.1, -0.05) is 18.2 Å². The lowest BCUT2D eigenvalue weighted by Gasteiger charge is -2.11. The number of aliphatic hydroxyl groups excluding tert-OH is 1. The van der Waals surface area contributed by atoms with Crippen LogP contribution in [0.3, 0.4) is 0 Å². The summed E-state index contributed by atoms with van der Waals surface area (Å²) < 4.78 is 0. The Bertz CT molecular complexity index is 170. The second-order valence-electron chi connectivity index (χ2n) is 2.39. The van der Waals surface area contributed by atoms with Gasteiger partial charge in [0.25, 0.3) is 0 Å². The Morgan fingerprint density at radius 1 is 1.64 bits per heavy atom. The second-order valence-corrected chi connectivity index (χ2v) is 2.39. The molecule has 0 spiro atoms. The molecule has 0 saturated carbocycles.